The van der Waals surface area contributed by atoms with E-state index in [4.69, 9.17) is 14.2 Å². The van der Waals surface area contributed by atoms with Crippen LogP contribution in [-0.4, -0.2) is 74.2 Å². The SMILES string of the molecule is COCCOCOc1ccc(C(=O)NC(C)C(C(=O)O)N2CCCCC2)cc1. The molecule has 1 aromatic rings. The maximum Gasteiger partial charge on any atom is 0.323 e. The van der Waals surface area contributed by atoms with Crippen LogP contribution in [0.2, 0.25) is 0 Å². The number of carbonyl (C=O) groups excluding carboxylic acids is 1. The largest absolute Gasteiger partial charge is 0.480 e. The Kier molecular flexibility index (Phi) is 9.19. The molecule has 1 aliphatic heterocycles. The Morgan fingerprint density at radius 2 is 1.82 bits per heavy atom. The van der Waals surface area contributed by atoms with E-state index in [1.165, 1.54) is 0 Å². The van der Waals surface area contributed by atoms with E-state index in [1.807, 2.05) is 4.90 Å². The molecule has 1 aliphatic rings. The summed E-state index contributed by atoms with van der Waals surface area (Å²) in [5, 5.41) is 12.4. The number of piperidine rings is 1. The summed E-state index contributed by atoms with van der Waals surface area (Å²) in [6.07, 6.45) is 3.09. The highest BCUT2D eigenvalue weighted by atomic mass is 16.7. The Bertz CT molecular complexity index is 616. The smallest absolute Gasteiger partial charge is 0.323 e. The fourth-order valence-electron chi connectivity index (χ4n) is 3.27. The molecule has 1 fully saturated rings. The molecule has 0 saturated carbocycles. The molecule has 1 aromatic carbocycles. The molecule has 0 spiro atoms. The summed E-state index contributed by atoms with van der Waals surface area (Å²) < 4.78 is 15.5. The number of rotatable bonds is 11. The summed E-state index contributed by atoms with van der Waals surface area (Å²) in [6.45, 7) is 4.26. The van der Waals surface area contributed by atoms with Gasteiger partial charge in [0.05, 0.1) is 19.3 Å². The summed E-state index contributed by atoms with van der Waals surface area (Å²) in [5.41, 5.74) is 0.447. The molecule has 8 nitrogen and oxygen atoms in total. The lowest BCUT2D eigenvalue weighted by molar-refractivity contribution is -0.144. The van der Waals surface area contributed by atoms with E-state index in [9.17, 15) is 14.7 Å². The first kappa shape index (κ1) is 22.1. The van der Waals surface area contributed by atoms with Gasteiger partial charge in [-0.05, 0) is 57.1 Å². The van der Waals surface area contributed by atoms with E-state index in [-0.39, 0.29) is 12.7 Å². The number of aliphatic carboxylic acids is 1. The van der Waals surface area contributed by atoms with Crippen molar-refractivity contribution in [2.75, 3.05) is 40.2 Å². The molecule has 1 heterocycles. The molecule has 0 aromatic heterocycles. The average molecular weight is 394 g/mol. The molecule has 0 bridgehead atoms. The second-order valence-corrected chi connectivity index (χ2v) is 6.83. The number of hydrogen-bond acceptors (Lipinski definition) is 6. The molecule has 0 radical (unpaired) electrons. The normalized spacial score (nSPS) is 16.9. The third-order valence-corrected chi connectivity index (χ3v) is 4.73. The molecule has 0 aliphatic carbocycles. The van der Waals surface area contributed by atoms with E-state index in [1.54, 1.807) is 38.3 Å². The summed E-state index contributed by atoms with van der Waals surface area (Å²) in [4.78, 5) is 26.2. The number of carboxylic acid groups (broad SMARTS) is 1. The lowest BCUT2D eigenvalue weighted by Crippen LogP contribution is -2.55. The van der Waals surface area contributed by atoms with Gasteiger partial charge in [0.1, 0.15) is 11.8 Å². The first-order valence-electron chi connectivity index (χ1n) is 9.60. The van der Waals surface area contributed by atoms with Gasteiger partial charge in [-0.2, -0.15) is 0 Å². The lowest BCUT2D eigenvalue weighted by atomic mass is 10.0. The Hall–Kier alpha value is -2.16. The van der Waals surface area contributed by atoms with Crippen LogP contribution in [0.15, 0.2) is 24.3 Å². The van der Waals surface area contributed by atoms with Crippen LogP contribution >= 0.6 is 0 Å². The molecule has 1 saturated heterocycles. The number of nitrogens with zero attached hydrogens (tertiary/aromatic N) is 1. The molecule has 2 atom stereocenters. The van der Waals surface area contributed by atoms with E-state index in [2.05, 4.69) is 5.32 Å². The zero-order valence-corrected chi connectivity index (χ0v) is 16.6. The minimum atomic E-state index is -0.910. The predicted molar refractivity (Wildman–Crippen MR) is 104 cm³/mol. The summed E-state index contributed by atoms with van der Waals surface area (Å²) in [5.74, 6) is -0.635. The highest BCUT2D eigenvalue weighted by Crippen LogP contribution is 2.16. The third-order valence-electron chi connectivity index (χ3n) is 4.73. The van der Waals surface area contributed by atoms with Crippen molar-refractivity contribution in [3.8, 4) is 5.75 Å². The summed E-state index contributed by atoms with van der Waals surface area (Å²) >= 11 is 0. The number of likely N-dealkylation sites (tertiary alicyclic amines) is 1. The van der Waals surface area contributed by atoms with E-state index < -0.39 is 18.1 Å². The fourth-order valence-corrected chi connectivity index (χ4v) is 3.27. The van der Waals surface area contributed by atoms with Crippen molar-refractivity contribution in [2.24, 2.45) is 0 Å². The van der Waals surface area contributed by atoms with Gasteiger partial charge < -0.3 is 24.6 Å². The van der Waals surface area contributed by atoms with Crippen LogP contribution in [0.3, 0.4) is 0 Å². The highest BCUT2D eigenvalue weighted by molar-refractivity contribution is 5.94. The molecule has 156 valence electrons. The van der Waals surface area contributed by atoms with E-state index in [0.29, 0.717) is 24.5 Å². The maximum absolute atomic E-state index is 12.5. The van der Waals surface area contributed by atoms with Crippen molar-refractivity contribution in [1.82, 2.24) is 10.2 Å². The third kappa shape index (κ3) is 6.78. The first-order valence-corrected chi connectivity index (χ1v) is 9.60. The van der Waals surface area contributed by atoms with Gasteiger partial charge in [0.2, 0.25) is 0 Å². The van der Waals surface area contributed by atoms with Crippen molar-refractivity contribution in [2.45, 2.75) is 38.3 Å². The standard InChI is InChI=1S/C20H30N2O6/c1-15(18(20(24)25)22-10-4-3-5-11-22)21-19(23)16-6-8-17(9-7-16)28-14-27-13-12-26-2/h6-9,15,18H,3-5,10-14H2,1-2H3,(H,21,23)(H,24,25). The van der Waals surface area contributed by atoms with Crippen molar-refractivity contribution < 1.29 is 28.9 Å². The topological polar surface area (TPSA) is 97.3 Å². The van der Waals surface area contributed by atoms with Crippen molar-refractivity contribution in [3.63, 3.8) is 0 Å². The van der Waals surface area contributed by atoms with Gasteiger partial charge in [-0.1, -0.05) is 6.42 Å². The summed E-state index contributed by atoms with van der Waals surface area (Å²) in [6, 6.07) is 5.41. The van der Waals surface area contributed by atoms with Crippen LogP contribution in [0.25, 0.3) is 0 Å². The molecule has 2 N–H and O–H groups in total. The molecular weight excluding hydrogens is 364 g/mol. The Morgan fingerprint density at radius 1 is 1.14 bits per heavy atom. The van der Waals surface area contributed by atoms with Crippen LogP contribution in [0.1, 0.15) is 36.5 Å². The molecule has 28 heavy (non-hydrogen) atoms. The Morgan fingerprint density at radius 3 is 2.43 bits per heavy atom. The number of hydrogen-bond donors (Lipinski definition) is 2. The highest BCUT2D eigenvalue weighted by Gasteiger charge is 2.32. The van der Waals surface area contributed by atoms with Gasteiger partial charge in [0.25, 0.3) is 5.91 Å². The van der Waals surface area contributed by atoms with E-state index >= 15 is 0 Å². The number of ether oxygens (including phenoxy) is 3. The van der Waals surface area contributed by atoms with Crippen LogP contribution in [0.5, 0.6) is 5.75 Å². The second kappa shape index (κ2) is 11.6. The number of carbonyl (C=O) groups is 2. The molecule has 2 rings (SSSR count). The van der Waals surface area contributed by atoms with Crippen LogP contribution in [0.4, 0.5) is 0 Å². The van der Waals surface area contributed by atoms with Gasteiger partial charge in [-0.25, -0.2) is 0 Å². The van der Waals surface area contributed by atoms with Crippen molar-refractivity contribution >= 4 is 11.9 Å². The van der Waals surface area contributed by atoms with Crippen molar-refractivity contribution in [1.29, 1.82) is 0 Å². The Labute approximate surface area is 165 Å². The van der Waals surface area contributed by atoms with Gasteiger partial charge >= 0.3 is 5.97 Å². The average Bonchev–Trinajstić information content (AvgIpc) is 2.69. The zero-order chi connectivity index (χ0) is 20.4. The fraction of sp³-hybridized carbons (Fsp3) is 0.600. The second-order valence-electron chi connectivity index (χ2n) is 6.83. The van der Waals surface area contributed by atoms with E-state index in [0.717, 1.165) is 32.4 Å². The predicted octanol–water partition coefficient (Wildman–Crippen LogP) is 1.74. The number of amides is 1. The number of carboxylic acids is 1. The summed E-state index contributed by atoms with van der Waals surface area (Å²) in [7, 11) is 1.60. The first-order chi connectivity index (χ1) is 13.5. The number of nitrogens with one attached hydrogen (secondary N) is 1. The van der Waals surface area contributed by atoms with Crippen LogP contribution in [0, 0.1) is 0 Å². The molecule has 2 unspecified atom stereocenters. The lowest BCUT2D eigenvalue weighted by Gasteiger charge is -2.35. The Balaban J connectivity index is 1.87. The quantitative estimate of drug-likeness (QED) is 0.436. The van der Waals surface area contributed by atoms with Crippen LogP contribution < -0.4 is 10.1 Å². The van der Waals surface area contributed by atoms with Gasteiger partial charge in [-0.3, -0.25) is 14.5 Å². The minimum Gasteiger partial charge on any atom is -0.480 e. The minimum absolute atomic E-state index is 0.0993. The maximum atomic E-state index is 12.5. The molecule has 1 amide bonds. The monoisotopic (exact) mass is 394 g/mol. The van der Waals surface area contributed by atoms with Gasteiger partial charge in [-0.15, -0.1) is 0 Å². The van der Waals surface area contributed by atoms with Crippen molar-refractivity contribution in [3.05, 3.63) is 29.8 Å². The number of methoxy groups -OCH3 is 1. The van der Waals surface area contributed by atoms with Gasteiger partial charge in [0.15, 0.2) is 6.79 Å². The number of benzene rings is 1. The zero-order valence-electron chi connectivity index (χ0n) is 16.6. The molecule has 8 heteroatoms. The van der Waals surface area contributed by atoms with Gasteiger partial charge in [0, 0.05) is 12.7 Å². The van der Waals surface area contributed by atoms with Crippen LogP contribution in [-0.2, 0) is 14.3 Å². The molecular formula is C20H30N2O6.